The van der Waals surface area contributed by atoms with Crippen LogP contribution in [0.15, 0.2) is 48.5 Å². The summed E-state index contributed by atoms with van der Waals surface area (Å²) in [6.07, 6.45) is -0.439. The minimum atomic E-state index is -0.950. The molecule has 2 amide bonds. The number of hydrogen-bond donors (Lipinski definition) is 5. The summed E-state index contributed by atoms with van der Waals surface area (Å²) in [5.74, 6) is 6.14. The Labute approximate surface area is 223 Å². The van der Waals surface area contributed by atoms with Crippen LogP contribution >= 0.6 is 0 Å². The standard InChI is InChI=1S/C28H37N5O5/c29-18-28(19-30,20-31)26(34)32-11-13-36-15-16-37-14-12-33-27(35)38-25-17-23-7-2-1-5-21(23)9-10-22-6-3-4-8-24(22)25/h1-8,25H,11-20,29-31H2,(H,32,34)(H,33,35)/t25-/m1/s1. The van der Waals surface area contributed by atoms with Gasteiger partial charge in [0.2, 0.25) is 5.91 Å². The number of amides is 2. The molecular weight excluding hydrogens is 486 g/mol. The fraction of sp³-hybridized carbons (Fsp3) is 0.429. The predicted molar refractivity (Wildman–Crippen MR) is 144 cm³/mol. The lowest BCUT2D eigenvalue weighted by molar-refractivity contribution is -0.129. The summed E-state index contributed by atoms with van der Waals surface area (Å²) in [5.41, 5.74) is 19.7. The zero-order valence-electron chi connectivity index (χ0n) is 21.5. The van der Waals surface area contributed by atoms with Crippen molar-refractivity contribution in [3.63, 3.8) is 0 Å². The van der Waals surface area contributed by atoms with E-state index in [0.29, 0.717) is 45.9 Å². The Bertz CT molecular complexity index is 1120. The maximum Gasteiger partial charge on any atom is 0.407 e. The monoisotopic (exact) mass is 523 g/mol. The molecule has 3 rings (SSSR count). The molecule has 0 radical (unpaired) electrons. The Kier molecular flexibility index (Phi) is 11.5. The summed E-state index contributed by atoms with van der Waals surface area (Å²) in [4.78, 5) is 24.7. The van der Waals surface area contributed by atoms with E-state index in [1.807, 2.05) is 48.5 Å². The normalized spacial score (nSPS) is 14.1. The number of benzene rings is 2. The first-order chi connectivity index (χ1) is 18.5. The van der Waals surface area contributed by atoms with E-state index in [1.54, 1.807) is 0 Å². The highest BCUT2D eigenvalue weighted by Gasteiger charge is 2.34. The van der Waals surface area contributed by atoms with Crippen molar-refractivity contribution < 1.29 is 23.8 Å². The van der Waals surface area contributed by atoms with Gasteiger partial charge in [-0.2, -0.15) is 0 Å². The van der Waals surface area contributed by atoms with Crippen LogP contribution in [0.5, 0.6) is 0 Å². The molecule has 1 aliphatic rings. The topological polar surface area (TPSA) is 164 Å². The van der Waals surface area contributed by atoms with Crippen molar-refractivity contribution in [3.05, 3.63) is 70.8 Å². The van der Waals surface area contributed by atoms with Crippen LogP contribution in [0.4, 0.5) is 4.79 Å². The van der Waals surface area contributed by atoms with Gasteiger partial charge < -0.3 is 42.0 Å². The molecule has 2 aromatic rings. The highest BCUT2D eigenvalue weighted by molar-refractivity contribution is 5.83. The van der Waals surface area contributed by atoms with Crippen molar-refractivity contribution in [1.82, 2.24) is 10.6 Å². The predicted octanol–water partition coefficient (Wildman–Crippen LogP) is 0.422. The molecule has 2 aromatic carbocycles. The lowest BCUT2D eigenvalue weighted by Crippen LogP contribution is -2.55. The first-order valence-corrected chi connectivity index (χ1v) is 12.7. The molecule has 1 atom stereocenters. The first kappa shape index (κ1) is 29.1. The molecule has 0 saturated carbocycles. The van der Waals surface area contributed by atoms with E-state index in [4.69, 9.17) is 31.4 Å². The number of alkyl carbamates (subject to hydrolysis) is 1. The number of fused-ring (bicyclic) bond motifs is 2. The fourth-order valence-electron chi connectivity index (χ4n) is 3.93. The third kappa shape index (κ3) is 8.02. The minimum absolute atomic E-state index is 0.0820. The molecule has 10 nitrogen and oxygen atoms in total. The van der Waals surface area contributed by atoms with Crippen LogP contribution in [-0.4, -0.2) is 71.2 Å². The van der Waals surface area contributed by atoms with E-state index in [0.717, 1.165) is 22.3 Å². The molecule has 0 unspecified atom stereocenters. The third-order valence-electron chi connectivity index (χ3n) is 6.39. The summed E-state index contributed by atoms with van der Waals surface area (Å²) in [6.45, 7) is 2.15. The van der Waals surface area contributed by atoms with Gasteiger partial charge in [-0.3, -0.25) is 4.79 Å². The average molecular weight is 524 g/mol. The van der Waals surface area contributed by atoms with Gasteiger partial charge in [-0.15, -0.1) is 0 Å². The number of carbonyl (C=O) groups is 2. The molecule has 10 heteroatoms. The summed E-state index contributed by atoms with van der Waals surface area (Å²) in [5, 5.41) is 5.47. The van der Waals surface area contributed by atoms with Crippen LogP contribution < -0.4 is 27.8 Å². The molecule has 0 aromatic heterocycles. The van der Waals surface area contributed by atoms with Crippen molar-refractivity contribution in [1.29, 1.82) is 0 Å². The number of carbonyl (C=O) groups excluding carboxylic acids is 2. The van der Waals surface area contributed by atoms with Crippen LogP contribution in [0.3, 0.4) is 0 Å². The summed E-state index contributed by atoms with van der Waals surface area (Å²) in [6, 6.07) is 15.6. The molecule has 204 valence electrons. The lowest BCUT2D eigenvalue weighted by atomic mass is 9.87. The summed E-state index contributed by atoms with van der Waals surface area (Å²) < 4.78 is 16.7. The number of hydrogen-bond acceptors (Lipinski definition) is 8. The molecular formula is C28H37N5O5. The largest absolute Gasteiger partial charge is 0.441 e. The first-order valence-electron chi connectivity index (χ1n) is 12.7. The maximum atomic E-state index is 12.5. The smallest absolute Gasteiger partial charge is 0.407 e. The Morgan fingerprint density at radius 3 is 2.08 bits per heavy atom. The van der Waals surface area contributed by atoms with E-state index >= 15 is 0 Å². The second-order valence-electron chi connectivity index (χ2n) is 8.89. The maximum absolute atomic E-state index is 12.5. The van der Waals surface area contributed by atoms with Crippen molar-refractivity contribution >= 4 is 12.0 Å². The molecule has 0 aliphatic heterocycles. The van der Waals surface area contributed by atoms with Crippen LogP contribution in [-0.2, 0) is 25.4 Å². The van der Waals surface area contributed by atoms with Crippen molar-refractivity contribution in [2.75, 3.05) is 59.2 Å². The quantitative estimate of drug-likeness (QED) is 0.176. The number of nitrogens with one attached hydrogen (secondary N) is 2. The van der Waals surface area contributed by atoms with Gasteiger partial charge in [0.1, 0.15) is 6.10 Å². The van der Waals surface area contributed by atoms with Gasteiger partial charge in [-0.25, -0.2) is 4.79 Å². The number of nitrogens with two attached hydrogens (primary N) is 3. The zero-order chi connectivity index (χ0) is 27.2. The summed E-state index contributed by atoms with van der Waals surface area (Å²) >= 11 is 0. The van der Waals surface area contributed by atoms with Gasteiger partial charge >= 0.3 is 6.09 Å². The van der Waals surface area contributed by atoms with Gasteiger partial charge in [0.25, 0.3) is 0 Å². The molecule has 0 fully saturated rings. The Hall–Kier alpha value is -3.46. The average Bonchev–Trinajstić information content (AvgIpc) is 2.93. The van der Waals surface area contributed by atoms with Gasteiger partial charge in [-0.1, -0.05) is 48.2 Å². The molecule has 0 bridgehead atoms. The lowest BCUT2D eigenvalue weighted by Gasteiger charge is -2.27. The van der Waals surface area contributed by atoms with Crippen LogP contribution in [0.1, 0.15) is 28.4 Å². The van der Waals surface area contributed by atoms with Gasteiger partial charge in [0.05, 0.1) is 31.8 Å². The number of ether oxygens (including phenoxy) is 3. The Balaban J connectivity index is 1.33. The molecule has 0 spiro atoms. The molecule has 1 aliphatic carbocycles. The molecule has 0 saturated heterocycles. The van der Waals surface area contributed by atoms with Crippen molar-refractivity contribution in [2.45, 2.75) is 12.5 Å². The highest BCUT2D eigenvalue weighted by Crippen LogP contribution is 2.28. The van der Waals surface area contributed by atoms with E-state index in [9.17, 15) is 9.59 Å². The minimum Gasteiger partial charge on any atom is -0.441 e. The second kappa shape index (κ2) is 15.1. The molecule has 8 N–H and O–H groups in total. The molecule has 38 heavy (non-hydrogen) atoms. The number of rotatable bonds is 14. The van der Waals surface area contributed by atoms with Crippen molar-refractivity contribution in [3.8, 4) is 11.8 Å². The van der Waals surface area contributed by atoms with E-state index < -0.39 is 17.6 Å². The van der Waals surface area contributed by atoms with E-state index in [2.05, 4.69) is 22.5 Å². The van der Waals surface area contributed by atoms with Crippen LogP contribution in [0.25, 0.3) is 0 Å². The van der Waals surface area contributed by atoms with Gasteiger partial charge in [0, 0.05) is 55.8 Å². The van der Waals surface area contributed by atoms with Gasteiger partial charge in [0.15, 0.2) is 0 Å². The SMILES string of the molecule is NCC(CN)(CN)C(=O)NCCOCCOCCNC(=O)O[C@@H]1Cc2ccccc2C#Cc2ccccc21. The van der Waals surface area contributed by atoms with Crippen molar-refractivity contribution in [2.24, 2.45) is 22.6 Å². The Morgan fingerprint density at radius 1 is 0.816 bits per heavy atom. The van der Waals surface area contributed by atoms with Crippen LogP contribution in [0, 0.1) is 17.3 Å². The zero-order valence-corrected chi connectivity index (χ0v) is 21.5. The molecule has 0 heterocycles. The van der Waals surface area contributed by atoms with Crippen LogP contribution in [0.2, 0.25) is 0 Å². The summed E-state index contributed by atoms with van der Waals surface area (Å²) in [7, 11) is 0. The third-order valence-corrected chi connectivity index (χ3v) is 6.39. The Morgan fingerprint density at radius 2 is 1.39 bits per heavy atom. The fourth-order valence-corrected chi connectivity index (χ4v) is 3.93. The highest BCUT2D eigenvalue weighted by atomic mass is 16.6. The van der Waals surface area contributed by atoms with Gasteiger partial charge in [-0.05, 0) is 17.7 Å². The second-order valence-corrected chi connectivity index (χ2v) is 8.89. The van der Waals surface area contributed by atoms with E-state index in [1.165, 1.54) is 0 Å². The van der Waals surface area contributed by atoms with E-state index in [-0.39, 0.29) is 25.5 Å².